The van der Waals surface area contributed by atoms with E-state index in [-0.39, 0.29) is 11.5 Å². The first-order valence-corrected chi connectivity index (χ1v) is 9.18. The number of hydrogen-bond acceptors (Lipinski definition) is 3. The lowest BCUT2D eigenvalue weighted by Crippen LogP contribution is -2.28. The van der Waals surface area contributed by atoms with E-state index in [1.165, 1.54) is 0 Å². The number of thiol groups is 1. The first-order chi connectivity index (χ1) is 11.3. The largest absolute Gasteiger partial charge is 0.494 e. The zero-order chi connectivity index (χ0) is 17.6. The minimum Gasteiger partial charge on any atom is -0.494 e. The van der Waals surface area contributed by atoms with Crippen molar-refractivity contribution >= 4 is 41.4 Å². The number of ether oxygens (including phenoxy) is 2. The molecule has 2 aliphatic carbocycles. The van der Waals surface area contributed by atoms with Gasteiger partial charge in [-0.05, 0) is 64.3 Å². The number of allylic oxidation sites excluding steroid dienone is 3. The Bertz CT molecular complexity index is 705. The second kappa shape index (κ2) is 6.60. The molecule has 0 bridgehead atoms. The highest BCUT2D eigenvalue weighted by atomic mass is 35.5. The van der Waals surface area contributed by atoms with Crippen molar-refractivity contribution < 1.29 is 9.47 Å². The Balaban J connectivity index is 2.05. The normalized spacial score (nSPS) is 29.8. The Morgan fingerprint density at radius 1 is 1.25 bits per heavy atom. The Morgan fingerprint density at radius 3 is 2.42 bits per heavy atom. The van der Waals surface area contributed by atoms with Gasteiger partial charge < -0.3 is 9.47 Å². The first kappa shape index (κ1) is 18.2. The summed E-state index contributed by atoms with van der Waals surface area (Å²) < 4.78 is 10.9. The maximum Gasteiger partial charge on any atom is 0.156 e. The summed E-state index contributed by atoms with van der Waals surface area (Å²) in [6, 6.07) is 3.77. The third-order valence-corrected chi connectivity index (χ3v) is 6.40. The van der Waals surface area contributed by atoms with E-state index in [0.717, 1.165) is 40.9 Å². The molecule has 130 valence electrons. The lowest BCUT2D eigenvalue weighted by Gasteiger charge is -2.39. The van der Waals surface area contributed by atoms with Crippen LogP contribution in [-0.2, 0) is 4.74 Å². The van der Waals surface area contributed by atoms with Gasteiger partial charge in [0, 0.05) is 7.11 Å². The first-order valence-electron chi connectivity index (χ1n) is 7.98. The van der Waals surface area contributed by atoms with Crippen molar-refractivity contribution in [3.8, 4) is 5.75 Å². The van der Waals surface area contributed by atoms with Crippen molar-refractivity contribution in [3.63, 3.8) is 0 Å². The summed E-state index contributed by atoms with van der Waals surface area (Å²) in [5.41, 5.74) is 3.26. The molecule has 0 spiro atoms. The zero-order valence-electron chi connectivity index (χ0n) is 14.2. The molecule has 1 fully saturated rings. The summed E-state index contributed by atoms with van der Waals surface area (Å²) >= 11 is 17.5. The molecule has 1 aromatic carbocycles. The smallest absolute Gasteiger partial charge is 0.156 e. The molecule has 5 heteroatoms. The van der Waals surface area contributed by atoms with Crippen LogP contribution in [-0.4, -0.2) is 20.3 Å². The molecular weight excluding hydrogens is 363 g/mol. The van der Waals surface area contributed by atoms with E-state index in [2.05, 4.69) is 13.5 Å². The van der Waals surface area contributed by atoms with E-state index in [9.17, 15) is 0 Å². The molecule has 0 N–H and O–H groups in total. The lowest BCUT2D eigenvalue weighted by atomic mass is 9.67. The predicted octanol–water partition coefficient (Wildman–Crippen LogP) is 6.03. The maximum absolute atomic E-state index is 6.33. The third kappa shape index (κ3) is 2.90. The van der Waals surface area contributed by atoms with Crippen molar-refractivity contribution in [1.82, 2.24) is 0 Å². The number of fused-ring (bicyclic) bond motifs is 1. The summed E-state index contributed by atoms with van der Waals surface area (Å²) in [5.74, 6) is 0.878. The number of methoxy groups -OCH3 is 2. The average molecular weight is 385 g/mol. The Morgan fingerprint density at radius 2 is 1.88 bits per heavy atom. The van der Waals surface area contributed by atoms with Gasteiger partial charge >= 0.3 is 0 Å². The molecule has 0 heterocycles. The Kier molecular flexibility index (Phi) is 5.00. The molecule has 3 atom stereocenters. The van der Waals surface area contributed by atoms with Crippen LogP contribution in [0.1, 0.15) is 31.7 Å². The fourth-order valence-electron chi connectivity index (χ4n) is 4.31. The molecule has 3 rings (SSSR count). The van der Waals surface area contributed by atoms with Gasteiger partial charge in [-0.15, -0.1) is 12.6 Å². The van der Waals surface area contributed by atoms with Gasteiger partial charge in [-0.1, -0.05) is 36.7 Å². The van der Waals surface area contributed by atoms with E-state index >= 15 is 0 Å². The summed E-state index contributed by atoms with van der Waals surface area (Å²) in [6.07, 6.45) is 3.22. The fraction of sp³-hybridized carbons (Fsp3) is 0.474. The second-order valence-electron chi connectivity index (χ2n) is 7.00. The maximum atomic E-state index is 6.33. The van der Waals surface area contributed by atoms with Crippen LogP contribution in [0.15, 0.2) is 29.2 Å². The predicted molar refractivity (Wildman–Crippen MR) is 104 cm³/mol. The van der Waals surface area contributed by atoms with Crippen LogP contribution in [0.4, 0.5) is 0 Å². The summed E-state index contributed by atoms with van der Waals surface area (Å²) in [4.78, 5) is 1.04. The standard InChI is InChI=1S/C19H22Cl2O2S/c1-10-13-7-12(22-3)8-19(13,2)9-16(24)17(10)11-5-14(20)18(23-4)15(21)6-11/h5-6,12-13,24H,1,7-9H2,2-4H3/t12-,13+,19+/m0/s1. The molecule has 1 aromatic rings. The average Bonchev–Trinajstić information content (AvgIpc) is 2.84. The molecule has 24 heavy (non-hydrogen) atoms. The summed E-state index contributed by atoms with van der Waals surface area (Å²) in [5, 5.41) is 0.993. The Labute approximate surface area is 159 Å². The van der Waals surface area contributed by atoms with Crippen molar-refractivity contribution in [2.24, 2.45) is 11.3 Å². The van der Waals surface area contributed by atoms with Gasteiger partial charge in [-0.3, -0.25) is 0 Å². The number of hydrogen-bond donors (Lipinski definition) is 1. The molecule has 1 saturated carbocycles. The van der Waals surface area contributed by atoms with Gasteiger partial charge in [-0.2, -0.15) is 0 Å². The van der Waals surface area contributed by atoms with Crippen LogP contribution < -0.4 is 4.74 Å². The molecule has 2 nitrogen and oxygen atoms in total. The van der Waals surface area contributed by atoms with Crippen LogP contribution in [0.3, 0.4) is 0 Å². The van der Waals surface area contributed by atoms with Crippen LogP contribution in [0, 0.1) is 11.3 Å². The second-order valence-corrected chi connectivity index (χ2v) is 8.36. The molecule has 2 aliphatic rings. The molecule has 0 aromatic heterocycles. The number of rotatable bonds is 3. The van der Waals surface area contributed by atoms with E-state index in [1.54, 1.807) is 14.2 Å². The van der Waals surface area contributed by atoms with Gasteiger partial charge in [-0.25, -0.2) is 0 Å². The van der Waals surface area contributed by atoms with Crippen LogP contribution in [0.5, 0.6) is 5.75 Å². The number of benzene rings is 1. The van der Waals surface area contributed by atoms with Gasteiger partial charge in [0.05, 0.1) is 23.3 Å². The van der Waals surface area contributed by atoms with E-state index in [1.807, 2.05) is 12.1 Å². The number of halogens is 2. The van der Waals surface area contributed by atoms with E-state index in [4.69, 9.17) is 45.3 Å². The quantitative estimate of drug-likeness (QED) is 0.640. The van der Waals surface area contributed by atoms with Crippen molar-refractivity contribution in [3.05, 3.63) is 44.8 Å². The van der Waals surface area contributed by atoms with Crippen molar-refractivity contribution in [2.45, 2.75) is 32.3 Å². The minimum absolute atomic E-state index is 0.151. The van der Waals surface area contributed by atoms with Crippen LogP contribution in [0.2, 0.25) is 10.0 Å². The fourth-order valence-corrected chi connectivity index (χ4v) is 5.59. The lowest BCUT2D eigenvalue weighted by molar-refractivity contribution is 0.0976. The molecule has 0 radical (unpaired) electrons. The molecule has 0 aliphatic heterocycles. The van der Waals surface area contributed by atoms with Gasteiger partial charge in [0.15, 0.2) is 5.75 Å². The molecule has 0 saturated heterocycles. The zero-order valence-corrected chi connectivity index (χ0v) is 16.6. The monoisotopic (exact) mass is 384 g/mol. The highest BCUT2D eigenvalue weighted by molar-refractivity contribution is 7.84. The molecular formula is C19H22Cl2O2S. The Hall–Kier alpha value is -0.610. The van der Waals surface area contributed by atoms with Gasteiger partial charge in [0.1, 0.15) is 0 Å². The van der Waals surface area contributed by atoms with Crippen LogP contribution in [0.25, 0.3) is 5.57 Å². The SMILES string of the molecule is C=C1C(c2cc(Cl)c(OC)c(Cl)c2)=C(S)C[C@@]2(C)C[C@@H](OC)C[C@H]12. The summed E-state index contributed by atoms with van der Waals surface area (Å²) in [6.45, 7) is 6.71. The minimum atomic E-state index is 0.151. The molecule has 0 amide bonds. The van der Waals surface area contributed by atoms with Crippen molar-refractivity contribution in [2.75, 3.05) is 14.2 Å². The van der Waals surface area contributed by atoms with Gasteiger partial charge in [0.25, 0.3) is 0 Å². The third-order valence-electron chi connectivity index (χ3n) is 5.46. The van der Waals surface area contributed by atoms with E-state index in [0.29, 0.717) is 21.7 Å². The van der Waals surface area contributed by atoms with Crippen molar-refractivity contribution in [1.29, 1.82) is 0 Å². The molecule has 0 unspecified atom stereocenters. The summed E-state index contributed by atoms with van der Waals surface area (Å²) in [7, 11) is 3.34. The highest BCUT2D eigenvalue weighted by Crippen LogP contribution is 2.58. The highest BCUT2D eigenvalue weighted by Gasteiger charge is 2.48. The van der Waals surface area contributed by atoms with Gasteiger partial charge in [0.2, 0.25) is 0 Å². The van der Waals surface area contributed by atoms with E-state index < -0.39 is 0 Å². The topological polar surface area (TPSA) is 18.5 Å². The van der Waals surface area contributed by atoms with Crippen LogP contribution >= 0.6 is 35.8 Å².